The van der Waals surface area contributed by atoms with Crippen LogP contribution in [0.1, 0.15) is 16.1 Å². The highest BCUT2D eigenvalue weighted by molar-refractivity contribution is 6.10. The summed E-state index contributed by atoms with van der Waals surface area (Å²) < 4.78 is 13.2. The van der Waals surface area contributed by atoms with Crippen molar-refractivity contribution in [2.24, 2.45) is 0 Å². The third kappa shape index (κ3) is 3.06. The summed E-state index contributed by atoms with van der Waals surface area (Å²) in [6.45, 7) is 2.69. The van der Waals surface area contributed by atoms with Gasteiger partial charge in [-0.2, -0.15) is 0 Å². The van der Waals surface area contributed by atoms with Gasteiger partial charge in [0, 0.05) is 48.7 Å². The minimum absolute atomic E-state index is 0.0136. The van der Waals surface area contributed by atoms with Crippen LogP contribution < -0.4 is 14.8 Å². The summed E-state index contributed by atoms with van der Waals surface area (Å²) in [6, 6.07) is 15.4. The molecular formula is C21H22N2O3. The number of benzene rings is 2. The quantitative estimate of drug-likeness (QED) is 0.719. The number of rotatable bonds is 5. The van der Waals surface area contributed by atoms with Crippen molar-refractivity contribution < 1.29 is 14.3 Å². The van der Waals surface area contributed by atoms with Crippen LogP contribution in [0.4, 0.5) is 0 Å². The van der Waals surface area contributed by atoms with Gasteiger partial charge in [-0.05, 0) is 18.2 Å². The Balaban J connectivity index is 1.65. The van der Waals surface area contributed by atoms with Crippen LogP contribution in [-0.4, -0.2) is 37.2 Å². The van der Waals surface area contributed by atoms with E-state index in [1.165, 1.54) is 0 Å². The third-order valence-corrected chi connectivity index (χ3v) is 4.82. The lowest BCUT2D eigenvalue weighted by Crippen LogP contribution is -2.17. The van der Waals surface area contributed by atoms with Crippen molar-refractivity contribution in [3.8, 4) is 11.5 Å². The first kappa shape index (κ1) is 16.7. The smallest absolute Gasteiger partial charge is 0.202 e. The number of ketones is 1. The molecule has 0 atom stereocenters. The van der Waals surface area contributed by atoms with E-state index in [0.717, 1.165) is 48.2 Å². The van der Waals surface area contributed by atoms with E-state index < -0.39 is 0 Å². The maximum Gasteiger partial charge on any atom is 0.202 e. The molecule has 0 amide bonds. The molecule has 1 aromatic heterocycles. The predicted molar refractivity (Wildman–Crippen MR) is 101 cm³/mol. The normalized spacial score (nSPS) is 13.9. The van der Waals surface area contributed by atoms with Crippen LogP contribution in [0, 0.1) is 0 Å². The first-order valence-corrected chi connectivity index (χ1v) is 8.89. The monoisotopic (exact) mass is 350 g/mol. The first-order valence-electron chi connectivity index (χ1n) is 8.89. The SMILES string of the molecule is COc1cccc(OCC(=O)c2c3n(c4ccccc24)CCNCC3)c1. The van der Waals surface area contributed by atoms with Crippen LogP contribution in [0.3, 0.4) is 0 Å². The van der Waals surface area contributed by atoms with Crippen molar-refractivity contribution in [1.29, 1.82) is 0 Å². The van der Waals surface area contributed by atoms with Crippen LogP contribution in [0.2, 0.25) is 0 Å². The Morgan fingerprint density at radius 2 is 1.96 bits per heavy atom. The Hall–Kier alpha value is -2.79. The third-order valence-electron chi connectivity index (χ3n) is 4.82. The topological polar surface area (TPSA) is 52.5 Å². The predicted octanol–water partition coefficient (Wildman–Crippen LogP) is 3.06. The van der Waals surface area contributed by atoms with E-state index in [-0.39, 0.29) is 12.4 Å². The van der Waals surface area contributed by atoms with Crippen LogP contribution in [0.25, 0.3) is 10.9 Å². The van der Waals surface area contributed by atoms with Crippen molar-refractivity contribution in [2.45, 2.75) is 13.0 Å². The van der Waals surface area contributed by atoms with Crippen molar-refractivity contribution in [3.05, 3.63) is 59.8 Å². The standard InChI is InChI=1S/C21H22N2O3/c1-25-15-5-4-6-16(13-15)26-14-20(24)21-17-7-2-3-8-18(17)23-12-11-22-10-9-19(21)23/h2-8,13,22H,9-12,14H2,1H3. The fourth-order valence-corrected chi connectivity index (χ4v) is 3.62. The summed E-state index contributed by atoms with van der Waals surface area (Å²) in [5.74, 6) is 1.36. The van der Waals surface area contributed by atoms with Gasteiger partial charge in [0.15, 0.2) is 6.61 Å². The number of aromatic nitrogens is 1. The van der Waals surface area contributed by atoms with Crippen molar-refractivity contribution in [2.75, 3.05) is 26.8 Å². The number of carbonyl (C=O) groups excluding carboxylic acids is 1. The average molecular weight is 350 g/mol. The minimum Gasteiger partial charge on any atom is -0.497 e. The van der Waals surface area contributed by atoms with E-state index in [2.05, 4.69) is 16.0 Å². The Morgan fingerprint density at radius 3 is 2.85 bits per heavy atom. The van der Waals surface area contributed by atoms with E-state index in [9.17, 15) is 4.79 Å². The summed E-state index contributed by atoms with van der Waals surface area (Å²) in [5.41, 5.74) is 3.03. The molecule has 0 aliphatic carbocycles. The van der Waals surface area contributed by atoms with Gasteiger partial charge in [-0.25, -0.2) is 0 Å². The molecule has 2 heterocycles. The lowest BCUT2D eigenvalue weighted by molar-refractivity contribution is 0.0922. The Morgan fingerprint density at radius 1 is 1.12 bits per heavy atom. The van der Waals surface area contributed by atoms with Gasteiger partial charge in [0.05, 0.1) is 12.7 Å². The molecule has 1 aliphatic heterocycles. The van der Waals surface area contributed by atoms with E-state index in [1.807, 2.05) is 36.4 Å². The number of fused-ring (bicyclic) bond motifs is 3. The molecular weight excluding hydrogens is 328 g/mol. The number of methoxy groups -OCH3 is 1. The highest BCUT2D eigenvalue weighted by atomic mass is 16.5. The number of nitrogens with one attached hydrogen (secondary N) is 1. The summed E-state index contributed by atoms with van der Waals surface area (Å²) in [7, 11) is 1.61. The summed E-state index contributed by atoms with van der Waals surface area (Å²) >= 11 is 0. The number of nitrogens with zero attached hydrogens (tertiary/aromatic N) is 1. The molecule has 0 fully saturated rings. The molecule has 0 unspecified atom stereocenters. The van der Waals surface area contributed by atoms with Gasteiger partial charge >= 0.3 is 0 Å². The van der Waals surface area contributed by atoms with Gasteiger partial charge in [0.1, 0.15) is 11.5 Å². The summed E-state index contributed by atoms with van der Waals surface area (Å²) in [6.07, 6.45) is 0.842. The van der Waals surface area contributed by atoms with E-state index >= 15 is 0 Å². The number of hydrogen-bond acceptors (Lipinski definition) is 4. The molecule has 1 N–H and O–H groups in total. The van der Waals surface area contributed by atoms with Gasteiger partial charge in [-0.15, -0.1) is 0 Å². The molecule has 2 aromatic carbocycles. The van der Waals surface area contributed by atoms with E-state index in [1.54, 1.807) is 13.2 Å². The fraction of sp³-hybridized carbons (Fsp3) is 0.286. The molecule has 0 saturated carbocycles. The largest absolute Gasteiger partial charge is 0.497 e. The Bertz CT molecular complexity index is 946. The molecule has 0 radical (unpaired) electrons. The second-order valence-electron chi connectivity index (χ2n) is 6.38. The molecule has 0 bridgehead atoms. The zero-order valence-electron chi connectivity index (χ0n) is 14.8. The molecule has 1 aliphatic rings. The van der Waals surface area contributed by atoms with Gasteiger partial charge in [-0.1, -0.05) is 24.3 Å². The number of para-hydroxylation sites is 1. The number of ether oxygens (including phenoxy) is 2. The van der Waals surface area contributed by atoms with Crippen LogP contribution in [0.15, 0.2) is 48.5 Å². The maximum absolute atomic E-state index is 13.0. The van der Waals surface area contributed by atoms with E-state index in [4.69, 9.17) is 9.47 Å². The summed E-state index contributed by atoms with van der Waals surface area (Å²) in [4.78, 5) is 13.0. The molecule has 4 rings (SSSR count). The average Bonchev–Trinajstić information content (AvgIpc) is 2.82. The molecule has 134 valence electrons. The van der Waals surface area contributed by atoms with Crippen LogP contribution in [0.5, 0.6) is 11.5 Å². The number of carbonyl (C=O) groups is 1. The van der Waals surface area contributed by atoms with Gasteiger partial charge in [-0.3, -0.25) is 4.79 Å². The fourth-order valence-electron chi connectivity index (χ4n) is 3.62. The highest BCUT2D eigenvalue weighted by Gasteiger charge is 2.23. The zero-order valence-corrected chi connectivity index (χ0v) is 14.8. The molecule has 5 nitrogen and oxygen atoms in total. The second-order valence-corrected chi connectivity index (χ2v) is 6.38. The molecule has 5 heteroatoms. The zero-order chi connectivity index (χ0) is 17.9. The molecule has 0 spiro atoms. The Kier molecular flexibility index (Phi) is 4.63. The van der Waals surface area contributed by atoms with Crippen molar-refractivity contribution in [3.63, 3.8) is 0 Å². The van der Waals surface area contributed by atoms with Gasteiger partial charge < -0.3 is 19.4 Å². The van der Waals surface area contributed by atoms with Crippen molar-refractivity contribution >= 4 is 16.7 Å². The molecule has 0 saturated heterocycles. The van der Waals surface area contributed by atoms with Gasteiger partial charge in [0.2, 0.25) is 5.78 Å². The van der Waals surface area contributed by atoms with E-state index in [0.29, 0.717) is 11.5 Å². The maximum atomic E-state index is 13.0. The molecule has 26 heavy (non-hydrogen) atoms. The highest BCUT2D eigenvalue weighted by Crippen LogP contribution is 2.28. The lowest BCUT2D eigenvalue weighted by Gasteiger charge is -2.09. The summed E-state index contributed by atoms with van der Waals surface area (Å²) in [5, 5.41) is 4.42. The number of hydrogen-bond donors (Lipinski definition) is 1. The molecule has 3 aromatic rings. The minimum atomic E-state index is 0.0136. The second kappa shape index (κ2) is 7.22. The van der Waals surface area contributed by atoms with Crippen molar-refractivity contribution in [1.82, 2.24) is 9.88 Å². The van der Waals surface area contributed by atoms with Crippen LogP contribution >= 0.6 is 0 Å². The van der Waals surface area contributed by atoms with Crippen LogP contribution in [-0.2, 0) is 13.0 Å². The number of Topliss-reactive ketones (excluding diaryl/α,β-unsaturated/α-hetero) is 1. The van der Waals surface area contributed by atoms with Gasteiger partial charge in [0.25, 0.3) is 0 Å². The lowest BCUT2D eigenvalue weighted by atomic mass is 10.1. The Labute approximate surface area is 152 Å². The first-order chi connectivity index (χ1) is 12.8.